The lowest BCUT2D eigenvalue weighted by molar-refractivity contribution is 0.238. The molecule has 0 saturated carbocycles. The van der Waals surface area contributed by atoms with Crippen LogP contribution in [0.2, 0.25) is 0 Å². The minimum atomic E-state index is -3.55. The SMILES string of the molecule is CCOc1cccc(CN2CCc3c(nc(S(C)(=O)=O)[nH]c3=O)C2)c1. The van der Waals surface area contributed by atoms with Crippen molar-refractivity contribution in [1.82, 2.24) is 14.9 Å². The van der Waals surface area contributed by atoms with E-state index in [1.54, 1.807) is 0 Å². The summed E-state index contributed by atoms with van der Waals surface area (Å²) in [6.07, 6.45) is 1.59. The molecular weight excluding hydrogens is 342 g/mol. The minimum absolute atomic E-state index is 0.267. The van der Waals surface area contributed by atoms with E-state index < -0.39 is 9.84 Å². The average molecular weight is 363 g/mol. The minimum Gasteiger partial charge on any atom is -0.494 e. The first-order valence-electron chi connectivity index (χ1n) is 8.13. The number of benzene rings is 1. The summed E-state index contributed by atoms with van der Waals surface area (Å²) in [4.78, 5) is 20.8. The fourth-order valence-electron chi connectivity index (χ4n) is 2.94. The van der Waals surface area contributed by atoms with E-state index in [9.17, 15) is 13.2 Å². The number of aromatic amines is 1. The molecule has 0 aliphatic carbocycles. The first kappa shape index (κ1) is 17.6. The maximum Gasteiger partial charge on any atom is 0.255 e. The Hall–Kier alpha value is -2.19. The first-order valence-corrected chi connectivity index (χ1v) is 10.0. The number of H-pyrrole nitrogens is 1. The molecule has 0 radical (unpaired) electrons. The second kappa shape index (κ2) is 6.97. The molecule has 7 nitrogen and oxygen atoms in total. The number of ether oxygens (including phenoxy) is 1. The number of fused-ring (bicyclic) bond motifs is 1. The third-order valence-corrected chi connectivity index (χ3v) is 4.99. The van der Waals surface area contributed by atoms with Crippen molar-refractivity contribution in [3.63, 3.8) is 0 Å². The quantitative estimate of drug-likeness (QED) is 0.801. The highest BCUT2D eigenvalue weighted by molar-refractivity contribution is 7.90. The topological polar surface area (TPSA) is 92.4 Å². The van der Waals surface area contributed by atoms with Crippen molar-refractivity contribution in [2.75, 3.05) is 19.4 Å². The van der Waals surface area contributed by atoms with Crippen LogP contribution in [0, 0.1) is 0 Å². The van der Waals surface area contributed by atoms with Crippen LogP contribution in [-0.2, 0) is 29.3 Å². The van der Waals surface area contributed by atoms with Crippen LogP contribution in [-0.4, -0.2) is 42.7 Å². The Labute approximate surface area is 146 Å². The Kier molecular flexibility index (Phi) is 4.91. The monoisotopic (exact) mass is 363 g/mol. The highest BCUT2D eigenvalue weighted by Gasteiger charge is 2.23. The van der Waals surface area contributed by atoms with E-state index in [-0.39, 0.29) is 10.7 Å². The van der Waals surface area contributed by atoms with Crippen LogP contribution in [0.15, 0.2) is 34.2 Å². The number of rotatable bonds is 5. The summed E-state index contributed by atoms with van der Waals surface area (Å²) in [6.45, 7) is 4.40. The second-order valence-corrected chi connectivity index (χ2v) is 8.04. The fourth-order valence-corrected chi connectivity index (χ4v) is 3.49. The van der Waals surface area contributed by atoms with E-state index in [0.29, 0.717) is 37.4 Å². The van der Waals surface area contributed by atoms with Crippen LogP contribution in [0.1, 0.15) is 23.7 Å². The van der Waals surface area contributed by atoms with Gasteiger partial charge in [-0.05, 0) is 31.0 Å². The van der Waals surface area contributed by atoms with Crippen molar-refractivity contribution >= 4 is 9.84 Å². The van der Waals surface area contributed by atoms with Crippen molar-refractivity contribution in [3.05, 3.63) is 51.4 Å². The first-order chi connectivity index (χ1) is 11.9. The molecule has 0 spiro atoms. The summed E-state index contributed by atoms with van der Waals surface area (Å²) < 4.78 is 28.9. The van der Waals surface area contributed by atoms with Gasteiger partial charge in [0.05, 0.1) is 12.3 Å². The van der Waals surface area contributed by atoms with Gasteiger partial charge in [-0.15, -0.1) is 0 Å². The van der Waals surface area contributed by atoms with Crippen LogP contribution in [0.4, 0.5) is 0 Å². The van der Waals surface area contributed by atoms with E-state index in [1.165, 1.54) is 0 Å². The van der Waals surface area contributed by atoms with E-state index in [2.05, 4.69) is 14.9 Å². The third-order valence-electron chi connectivity index (χ3n) is 4.10. The van der Waals surface area contributed by atoms with Gasteiger partial charge < -0.3 is 4.74 Å². The molecule has 1 aromatic carbocycles. The maximum absolute atomic E-state index is 12.1. The molecule has 0 atom stereocenters. The molecule has 3 rings (SSSR count). The van der Waals surface area contributed by atoms with Gasteiger partial charge >= 0.3 is 0 Å². The lowest BCUT2D eigenvalue weighted by Gasteiger charge is -2.27. The molecule has 0 fully saturated rings. The predicted octanol–water partition coefficient (Wildman–Crippen LogP) is 1.13. The van der Waals surface area contributed by atoms with Gasteiger partial charge in [-0.2, -0.15) is 0 Å². The van der Waals surface area contributed by atoms with Gasteiger partial charge in [-0.3, -0.25) is 14.7 Å². The Balaban J connectivity index is 1.82. The highest BCUT2D eigenvalue weighted by atomic mass is 32.2. The average Bonchev–Trinajstić information content (AvgIpc) is 2.54. The lowest BCUT2D eigenvalue weighted by atomic mass is 10.1. The smallest absolute Gasteiger partial charge is 0.255 e. The summed E-state index contributed by atoms with van der Waals surface area (Å²) in [5.41, 5.74) is 1.86. The van der Waals surface area contributed by atoms with Gasteiger partial charge in [0.1, 0.15) is 5.75 Å². The van der Waals surface area contributed by atoms with E-state index in [0.717, 1.165) is 24.1 Å². The van der Waals surface area contributed by atoms with Crippen LogP contribution in [0.25, 0.3) is 0 Å². The van der Waals surface area contributed by atoms with Crippen molar-refractivity contribution in [2.24, 2.45) is 0 Å². The van der Waals surface area contributed by atoms with Crippen LogP contribution < -0.4 is 10.3 Å². The third kappa shape index (κ3) is 4.08. The van der Waals surface area contributed by atoms with Crippen molar-refractivity contribution < 1.29 is 13.2 Å². The van der Waals surface area contributed by atoms with E-state index >= 15 is 0 Å². The van der Waals surface area contributed by atoms with Gasteiger partial charge in [-0.25, -0.2) is 13.4 Å². The zero-order valence-electron chi connectivity index (χ0n) is 14.3. The zero-order valence-corrected chi connectivity index (χ0v) is 15.1. The summed E-state index contributed by atoms with van der Waals surface area (Å²) in [7, 11) is -3.55. The number of nitrogens with one attached hydrogen (secondary N) is 1. The highest BCUT2D eigenvalue weighted by Crippen LogP contribution is 2.19. The molecule has 1 aliphatic rings. The Morgan fingerprint density at radius 1 is 1.36 bits per heavy atom. The lowest BCUT2D eigenvalue weighted by Crippen LogP contribution is -2.35. The molecule has 1 N–H and O–H groups in total. The molecule has 0 unspecified atom stereocenters. The summed E-state index contributed by atoms with van der Waals surface area (Å²) in [5, 5.41) is -0.267. The largest absolute Gasteiger partial charge is 0.494 e. The normalized spacial score (nSPS) is 15.0. The molecule has 1 aromatic heterocycles. The molecule has 2 aromatic rings. The molecule has 25 heavy (non-hydrogen) atoms. The van der Waals surface area contributed by atoms with E-state index in [4.69, 9.17) is 4.74 Å². The van der Waals surface area contributed by atoms with Crippen LogP contribution in [0.3, 0.4) is 0 Å². The Morgan fingerprint density at radius 3 is 2.88 bits per heavy atom. The standard InChI is InChI=1S/C17H21N3O4S/c1-3-24-13-6-4-5-12(9-13)10-20-8-7-14-15(11-20)18-17(19-16(14)21)25(2,22)23/h4-6,9H,3,7-8,10-11H2,1-2H3,(H,18,19,21). The number of nitrogens with zero attached hydrogens (tertiary/aromatic N) is 2. The number of sulfone groups is 1. The predicted molar refractivity (Wildman–Crippen MR) is 93.4 cm³/mol. The molecule has 0 saturated heterocycles. The molecule has 0 amide bonds. The van der Waals surface area contributed by atoms with Gasteiger partial charge in [-0.1, -0.05) is 12.1 Å². The summed E-state index contributed by atoms with van der Waals surface area (Å²) >= 11 is 0. The molecular formula is C17H21N3O4S. The van der Waals surface area contributed by atoms with Crippen LogP contribution >= 0.6 is 0 Å². The van der Waals surface area contributed by atoms with Gasteiger partial charge in [0.25, 0.3) is 5.56 Å². The van der Waals surface area contributed by atoms with Crippen molar-refractivity contribution in [2.45, 2.75) is 31.6 Å². The summed E-state index contributed by atoms with van der Waals surface area (Å²) in [6, 6.07) is 7.87. The fraction of sp³-hybridized carbons (Fsp3) is 0.412. The molecule has 2 heterocycles. The molecule has 1 aliphatic heterocycles. The molecule has 8 heteroatoms. The van der Waals surface area contributed by atoms with Gasteiger partial charge in [0.2, 0.25) is 15.0 Å². The number of hydrogen-bond acceptors (Lipinski definition) is 6. The van der Waals surface area contributed by atoms with E-state index in [1.807, 2.05) is 31.2 Å². The molecule has 134 valence electrons. The second-order valence-electron chi connectivity index (χ2n) is 6.11. The van der Waals surface area contributed by atoms with Gasteiger partial charge in [0, 0.05) is 31.5 Å². The Bertz CT molecular complexity index is 937. The Morgan fingerprint density at radius 2 is 2.16 bits per heavy atom. The van der Waals surface area contributed by atoms with Crippen LogP contribution in [0.5, 0.6) is 5.75 Å². The zero-order chi connectivity index (χ0) is 18.0. The van der Waals surface area contributed by atoms with Crippen molar-refractivity contribution in [1.29, 1.82) is 0 Å². The van der Waals surface area contributed by atoms with Crippen molar-refractivity contribution in [3.8, 4) is 5.75 Å². The maximum atomic E-state index is 12.1. The molecule has 0 bridgehead atoms. The summed E-state index contributed by atoms with van der Waals surface area (Å²) in [5.74, 6) is 0.825. The van der Waals surface area contributed by atoms with Gasteiger partial charge in [0.15, 0.2) is 0 Å². The number of hydrogen-bond donors (Lipinski definition) is 1. The number of aromatic nitrogens is 2.